The molecular formula is C17H22N6O4. The van der Waals surface area contributed by atoms with Crippen LogP contribution in [0.5, 0.6) is 5.75 Å². The number of rotatable bonds is 5. The number of anilines is 4. The van der Waals surface area contributed by atoms with Crippen molar-refractivity contribution in [3.8, 4) is 5.75 Å². The molecule has 144 valence electrons. The third-order valence-electron chi connectivity index (χ3n) is 4.14. The molecule has 10 nitrogen and oxygen atoms in total. The molecule has 0 spiro atoms. The second-order valence-corrected chi connectivity index (χ2v) is 6.35. The van der Waals surface area contributed by atoms with Crippen LogP contribution >= 0.6 is 0 Å². The molecule has 3 N–H and O–H groups in total. The first-order valence-electron chi connectivity index (χ1n) is 8.51. The van der Waals surface area contributed by atoms with E-state index in [-0.39, 0.29) is 29.5 Å². The van der Waals surface area contributed by atoms with Crippen molar-refractivity contribution in [2.24, 2.45) is 0 Å². The Morgan fingerprint density at radius 1 is 1.30 bits per heavy atom. The second kappa shape index (κ2) is 7.62. The van der Waals surface area contributed by atoms with Gasteiger partial charge < -0.3 is 25.4 Å². The van der Waals surface area contributed by atoms with Crippen molar-refractivity contribution in [2.45, 2.75) is 26.1 Å². The van der Waals surface area contributed by atoms with Crippen molar-refractivity contribution in [3.63, 3.8) is 0 Å². The molecule has 2 heterocycles. The van der Waals surface area contributed by atoms with Gasteiger partial charge in [-0.25, -0.2) is 0 Å². The number of morpholine rings is 1. The van der Waals surface area contributed by atoms with E-state index in [0.717, 1.165) is 0 Å². The van der Waals surface area contributed by atoms with Gasteiger partial charge >= 0.3 is 5.69 Å². The van der Waals surface area contributed by atoms with Crippen molar-refractivity contribution >= 4 is 29.0 Å². The number of nitrogens with one attached hydrogen (secondary N) is 1. The van der Waals surface area contributed by atoms with Crippen LogP contribution in [0.4, 0.5) is 29.0 Å². The van der Waals surface area contributed by atoms with E-state index < -0.39 is 4.92 Å². The van der Waals surface area contributed by atoms with Crippen LogP contribution in [0, 0.1) is 10.1 Å². The molecule has 0 radical (unpaired) electrons. The van der Waals surface area contributed by atoms with Crippen LogP contribution in [0.2, 0.25) is 0 Å². The minimum absolute atomic E-state index is 0.0128. The summed E-state index contributed by atoms with van der Waals surface area (Å²) in [6.07, 6.45) is -0.0289. The maximum atomic E-state index is 11.5. The van der Waals surface area contributed by atoms with E-state index in [1.807, 2.05) is 18.7 Å². The summed E-state index contributed by atoms with van der Waals surface area (Å²) in [5.74, 6) is 0.657. The molecule has 2 aromatic rings. The lowest BCUT2D eigenvalue weighted by molar-refractivity contribution is -0.383. The van der Waals surface area contributed by atoms with Gasteiger partial charge in [-0.2, -0.15) is 9.97 Å². The van der Waals surface area contributed by atoms with E-state index in [2.05, 4.69) is 15.3 Å². The lowest BCUT2D eigenvalue weighted by Crippen LogP contribution is -2.46. The molecule has 1 aliphatic rings. The summed E-state index contributed by atoms with van der Waals surface area (Å²) in [6.45, 7) is 5.03. The molecule has 0 amide bonds. The van der Waals surface area contributed by atoms with Crippen LogP contribution in [0.3, 0.4) is 0 Å². The molecule has 1 aliphatic heterocycles. The summed E-state index contributed by atoms with van der Waals surface area (Å²) in [7, 11) is 1.52. The molecule has 27 heavy (non-hydrogen) atoms. The predicted octanol–water partition coefficient (Wildman–Crippen LogP) is 2.33. The van der Waals surface area contributed by atoms with E-state index in [4.69, 9.17) is 15.2 Å². The molecule has 0 unspecified atom stereocenters. The molecule has 1 aromatic carbocycles. The van der Waals surface area contributed by atoms with Crippen LogP contribution in [-0.2, 0) is 4.74 Å². The molecule has 0 aliphatic carbocycles. The maximum absolute atomic E-state index is 11.5. The molecule has 10 heteroatoms. The molecule has 3 rings (SSSR count). The standard InChI is InChI=1S/C17H22N6O4/c1-10-8-22(9-11(2)27-10)17-20-15(18)14(23(24)25)16(21-17)19-12-6-4-5-7-13(12)26-3/h4-7,10-11H,8-9H2,1-3H3,(H3,18,19,20,21)/t10-,11+. The Kier molecular flexibility index (Phi) is 5.26. The number of ether oxygens (including phenoxy) is 2. The van der Waals surface area contributed by atoms with Crippen LogP contribution in [0.15, 0.2) is 24.3 Å². The highest BCUT2D eigenvalue weighted by atomic mass is 16.6. The number of nitro groups is 1. The number of nitrogens with two attached hydrogens (primary N) is 1. The number of hydrogen-bond acceptors (Lipinski definition) is 9. The first-order valence-corrected chi connectivity index (χ1v) is 8.51. The topological polar surface area (TPSA) is 129 Å². The number of benzene rings is 1. The Hall–Kier alpha value is -3.14. The van der Waals surface area contributed by atoms with Gasteiger partial charge in [-0.15, -0.1) is 0 Å². The Morgan fingerprint density at radius 3 is 2.59 bits per heavy atom. The minimum Gasteiger partial charge on any atom is -0.495 e. The fraction of sp³-hybridized carbons (Fsp3) is 0.412. The first-order chi connectivity index (χ1) is 12.9. The summed E-state index contributed by atoms with van der Waals surface area (Å²) in [5, 5.41) is 14.5. The summed E-state index contributed by atoms with van der Waals surface area (Å²) in [6, 6.07) is 7.06. The quantitative estimate of drug-likeness (QED) is 0.598. The SMILES string of the molecule is COc1ccccc1Nc1nc(N2C[C@@H](C)O[C@@H](C)C2)nc(N)c1[N+](=O)[O-]. The van der Waals surface area contributed by atoms with Crippen molar-refractivity contribution in [1.29, 1.82) is 0 Å². The predicted molar refractivity (Wildman–Crippen MR) is 102 cm³/mol. The van der Waals surface area contributed by atoms with E-state index in [1.54, 1.807) is 24.3 Å². The number of methoxy groups -OCH3 is 1. The number of nitrogen functional groups attached to an aromatic ring is 1. The largest absolute Gasteiger partial charge is 0.495 e. The lowest BCUT2D eigenvalue weighted by atomic mass is 10.2. The molecule has 1 aromatic heterocycles. The van der Waals surface area contributed by atoms with Crippen molar-refractivity contribution in [2.75, 3.05) is 36.1 Å². The van der Waals surface area contributed by atoms with Gasteiger partial charge in [-0.3, -0.25) is 10.1 Å². The minimum atomic E-state index is -0.596. The van der Waals surface area contributed by atoms with E-state index in [0.29, 0.717) is 30.5 Å². The molecule has 0 bridgehead atoms. The van der Waals surface area contributed by atoms with Gasteiger partial charge in [0.2, 0.25) is 17.6 Å². The van der Waals surface area contributed by atoms with Crippen LogP contribution in [0.1, 0.15) is 13.8 Å². The van der Waals surface area contributed by atoms with Crippen LogP contribution in [-0.4, -0.2) is 47.3 Å². The van der Waals surface area contributed by atoms with Crippen LogP contribution < -0.4 is 20.7 Å². The van der Waals surface area contributed by atoms with Crippen LogP contribution in [0.25, 0.3) is 0 Å². The summed E-state index contributed by atoms with van der Waals surface area (Å²) in [4.78, 5) is 21.4. The van der Waals surface area contributed by atoms with Crippen molar-refractivity contribution in [1.82, 2.24) is 9.97 Å². The third-order valence-corrected chi connectivity index (χ3v) is 4.14. The van der Waals surface area contributed by atoms with E-state index >= 15 is 0 Å². The fourth-order valence-electron chi connectivity index (χ4n) is 3.09. The molecule has 2 atom stereocenters. The lowest BCUT2D eigenvalue weighted by Gasteiger charge is -2.35. The average molecular weight is 374 g/mol. The number of hydrogen-bond donors (Lipinski definition) is 2. The molecule has 1 fully saturated rings. The molecular weight excluding hydrogens is 352 g/mol. The Labute approximate surface area is 156 Å². The smallest absolute Gasteiger partial charge is 0.353 e. The number of para-hydroxylation sites is 2. The molecule has 1 saturated heterocycles. The maximum Gasteiger partial charge on any atom is 0.353 e. The van der Waals surface area contributed by atoms with Gasteiger partial charge in [0.05, 0.1) is 29.9 Å². The van der Waals surface area contributed by atoms with Gasteiger partial charge in [-0.1, -0.05) is 12.1 Å². The Morgan fingerprint density at radius 2 is 1.96 bits per heavy atom. The first kappa shape index (κ1) is 18.6. The highest BCUT2D eigenvalue weighted by Gasteiger charge is 2.29. The zero-order chi connectivity index (χ0) is 19.6. The van der Waals surface area contributed by atoms with Gasteiger partial charge in [0, 0.05) is 13.1 Å². The normalized spacial score (nSPS) is 19.6. The Bertz CT molecular complexity index is 836. The summed E-state index contributed by atoms with van der Waals surface area (Å²) in [5.41, 5.74) is 6.06. The van der Waals surface area contributed by atoms with Gasteiger partial charge in [0.25, 0.3) is 0 Å². The zero-order valence-electron chi connectivity index (χ0n) is 15.4. The summed E-state index contributed by atoms with van der Waals surface area (Å²) >= 11 is 0. The van der Waals surface area contributed by atoms with Gasteiger partial charge in [-0.05, 0) is 26.0 Å². The highest BCUT2D eigenvalue weighted by molar-refractivity contribution is 5.76. The second-order valence-electron chi connectivity index (χ2n) is 6.35. The zero-order valence-corrected chi connectivity index (χ0v) is 15.4. The third kappa shape index (κ3) is 4.00. The highest BCUT2D eigenvalue weighted by Crippen LogP contribution is 2.35. The van der Waals surface area contributed by atoms with E-state index in [9.17, 15) is 10.1 Å². The fourth-order valence-corrected chi connectivity index (χ4v) is 3.09. The van der Waals surface area contributed by atoms with E-state index in [1.165, 1.54) is 7.11 Å². The monoisotopic (exact) mass is 374 g/mol. The Balaban J connectivity index is 2.03. The van der Waals surface area contributed by atoms with Crippen molar-refractivity contribution < 1.29 is 14.4 Å². The van der Waals surface area contributed by atoms with Crippen molar-refractivity contribution in [3.05, 3.63) is 34.4 Å². The number of aromatic nitrogens is 2. The van der Waals surface area contributed by atoms with Gasteiger partial charge in [0.15, 0.2) is 0 Å². The number of nitrogens with zero attached hydrogens (tertiary/aromatic N) is 4. The summed E-state index contributed by atoms with van der Waals surface area (Å²) < 4.78 is 11.0. The molecule has 0 saturated carbocycles. The van der Waals surface area contributed by atoms with Gasteiger partial charge in [0.1, 0.15) is 5.75 Å². The average Bonchev–Trinajstić information content (AvgIpc) is 2.60.